The second-order valence-electron chi connectivity index (χ2n) is 9.92. The first-order valence-electron chi connectivity index (χ1n) is 11.6. The molecule has 182 valence electrons. The summed E-state index contributed by atoms with van der Waals surface area (Å²) in [5.74, 6) is -1.80. The van der Waals surface area contributed by atoms with E-state index in [0.29, 0.717) is 17.7 Å². The van der Waals surface area contributed by atoms with Crippen LogP contribution in [0.2, 0.25) is 0 Å². The van der Waals surface area contributed by atoms with E-state index in [1.807, 2.05) is 48.6 Å². The van der Waals surface area contributed by atoms with Crippen LogP contribution in [-0.4, -0.2) is 52.3 Å². The number of hydrogen-bond acceptors (Lipinski definition) is 4. The molecule has 2 atom stereocenters. The van der Waals surface area contributed by atoms with Gasteiger partial charge in [-0.05, 0) is 35.1 Å². The fourth-order valence-corrected chi connectivity index (χ4v) is 4.68. The molecule has 2 aromatic carbocycles. The van der Waals surface area contributed by atoms with Gasteiger partial charge in [-0.3, -0.25) is 19.2 Å². The second-order valence-corrected chi connectivity index (χ2v) is 9.92. The van der Waals surface area contributed by atoms with Crippen molar-refractivity contribution in [2.24, 2.45) is 5.41 Å². The SMILES string of the molecule is CC(C)(CC(=O)O)CC(=O)N[C@@H]1C[C@@H]2C(=O)Nc3ccc(C=Cc4ccccc4)cc3C(=O)N2C1. The largest absolute Gasteiger partial charge is 0.481 e. The van der Waals surface area contributed by atoms with Crippen molar-refractivity contribution < 1.29 is 24.3 Å². The van der Waals surface area contributed by atoms with Crippen LogP contribution in [0.15, 0.2) is 48.5 Å². The molecule has 2 aliphatic heterocycles. The molecule has 2 heterocycles. The molecule has 3 N–H and O–H groups in total. The van der Waals surface area contributed by atoms with Gasteiger partial charge in [0.05, 0.1) is 17.7 Å². The van der Waals surface area contributed by atoms with Gasteiger partial charge in [0.2, 0.25) is 11.8 Å². The van der Waals surface area contributed by atoms with Gasteiger partial charge in [-0.25, -0.2) is 0 Å². The number of carbonyl (C=O) groups is 4. The number of carboxylic acids is 1. The average molecular weight is 476 g/mol. The van der Waals surface area contributed by atoms with E-state index in [4.69, 9.17) is 5.11 Å². The molecule has 0 aliphatic carbocycles. The van der Waals surface area contributed by atoms with Crippen molar-refractivity contribution in [3.63, 3.8) is 0 Å². The van der Waals surface area contributed by atoms with E-state index in [-0.39, 0.29) is 43.1 Å². The van der Waals surface area contributed by atoms with E-state index < -0.39 is 17.4 Å². The molecule has 2 aliphatic rings. The predicted molar refractivity (Wildman–Crippen MR) is 132 cm³/mol. The Labute approximate surface area is 204 Å². The third kappa shape index (κ3) is 5.77. The maximum atomic E-state index is 13.4. The fraction of sp³-hybridized carbons (Fsp3) is 0.333. The number of benzene rings is 2. The smallest absolute Gasteiger partial charge is 0.303 e. The molecule has 1 fully saturated rings. The maximum absolute atomic E-state index is 13.4. The fourth-order valence-electron chi connectivity index (χ4n) is 4.68. The number of rotatable bonds is 7. The van der Waals surface area contributed by atoms with Gasteiger partial charge in [-0.15, -0.1) is 0 Å². The number of aliphatic carboxylic acids is 1. The molecule has 3 amide bonds. The van der Waals surface area contributed by atoms with Crippen molar-refractivity contribution >= 4 is 41.5 Å². The number of carboxylic acid groups (broad SMARTS) is 1. The van der Waals surface area contributed by atoms with Crippen LogP contribution >= 0.6 is 0 Å². The molecular weight excluding hydrogens is 446 g/mol. The molecule has 0 bridgehead atoms. The number of amides is 3. The van der Waals surface area contributed by atoms with Crippen LogP contribution in [0.3, 0.4) is 0 Å². The number of hydrogen-bond donors (Lipinski definition) is 3. The molecule has 0 unspecified atom stereocenters. The van der Waals surface area contributed by atoms with Gasteiger partial charge in [0.25, 0.3) is 5.91 Å². The van der Waals surface area contributed by atoms with Gasteiger partial charge < -0.3 is 20.6 Å². The van der Waals surface area contributed by atoms with Gasteiger partial charge in [0, 0.05) is 19.0 Å². The number of anilines is 1. The van der Waals surface area contributed by atoms with Crippen molar-refractivity contribution in [2.75, 3.05) is 11.9 Å². The molecule has 1 saturated heterocycles. The van der Waals surface area contributed by atoms with Gasteiger partial charge in [-0.2, -0.15) is 0 Å². The van der Waals surface area contributed by atoms with E-state index in [1.54, 1.807) is 26.0 Å². The summed E-state index contributed by atoms with van der Waals surface area (Å²) in [5.41, 5.74) is 2.05. The summed E-state index contributed by atoms with van der Waals surface area (Å²) >= 11 is 0. The van der Waals surface area contributed by atoms with Crippen molar-refractivity contribution in [2.45, 2.75) is 45.2 Å². The minimum Gasteiger partial charge on any atom is -0.481 e. The Hall–Kier alpha value is -3.94. The lowest BCUT2D eigenvalue weighted by Crippen LogP contribution is -2.41. The van der Waals surface area contributed by atoms with E-state index in [2.05, 4.69) is 10.6 Å². The average Bonchev–Trinajstić information content (AvgIpc) is 3.17. The zero-order chi connectivity index (χ0) is 25.2. The second kappa shape index (κ2) is 9.74. The van der Waals surface area contributed by atoms with E-state index in [9.17, 15) is 19.2 Å². The highest BCUT2D eigenvalue weighted by atomic mass is 16.4. The summed E-state index contributed by atoms with van der Waals surface area (Å²) in [6, 6.07) is 14.1. The standard InChI is InChI=1S/C27H29N3O5/c1-27(2,15-24(32)33)14-23(31)28-19-13-22-25(34)29-21-11-10-18(9-8-17-6-4-3-5-7-17)12-20(21)26(35)30(22)16-19/h3-12,19,22H,13-16H2,1-2H3,(H,28,31)(H,29,34)(H,32,33)/t19-,22-/m1/s1. The third-order valence-electron chi connectivity index (χ3n) is 6.30. The van der Waals surface area contributed by atoms with E-state index >= 15 is 0 Å². The van der Waals surface area contributed by atoms with Gasteiger partial charge in [0.1, 0.15) is 6.04 Å². The molecule has 0 aromatic heterocycles. The van der Waals surface area contributed by atoms with E-state index in [0.717, 1.165) is 11.1 Å². The molecule has 0 radical (unpaired) electrons. The lowest BCUT2D eigenvalue weighted by atomic mass is 9.85. The van der Waals surface area contributed by atoms with Crippen LogP contribution in [0.5, 0.6) is 0 Å². The molecule has 4 rings (SSSR count). The first kappa shape index (κ1) is 24.2. The van der Waals surface area contributed by atoms with Crippen LogP contribution in [0, 0.1) is 5.41 Å². The van der Waals surface area contributed by atoms with Crippen molar-refractivity contribution in [3.8, 4) is 0 Å². The summed E-state index contributed by atoms with van der Waals surface area (Å²) < 4.78 is 0. The number of nitrogens with one attached hydrogen (secondary N) is 2. The summed E-state index contributed by atoms with van der Waals surface area (Å²) in [6.07, 6.45) is 4.09. The minimum absolute atomic E-state index is 0.0422. The molecular formula is C27H29N3O5. The van der Waals surface area contributed by atoms with Crippen LogP contribution < -0.4 is 10.6 Å². The maximum Gasteiger partial charge on any atom is 0.303 e. The van der Waals surface area contributed by atoms with Crippen LogP contribution in [-0.2, 0) is 14.4 Å². The Bertz CT molecular complexity index is 1190. The molecule has 8 nitrogen and oxygen atoms in total. The molecule has 35 heavy (non-hydrogen) atoms. The zero-order valence-electron chi connectivity index (χ0n) is 19.8. The predicted octanol–water partition coefficient (Wildman–Crippen LogP) is 3.40. The Morgan fingerprint density at radius 2 is 1.80 bits per heavy atom. The first-order valence-corrected chi connectivity index (χ1v) is 11.6. The summed E-state index contributed by atoms with van der Waals surface area (Å²) in [6.45, 7) is 3.66. The number of nitrogens with zero attached hydrogens (tertiary/aromatic N) is 1. The molecule has 0 spiro atoms. The Morgan fingerprint density at radius 3 is 2.51 bits per heavy atom. The molecule has 2 aromatic rings. The van der Waals surface area contributed by atoms with Crippen molar-refractivity contribution in [1.29, 1.82) is 0 Å². The van der Waals surface area contributed by atoms with E-state index in [1.165, 1.54) is 4.90 Å². The highest BCUT2D eigenvalue weighted by Crippen LogP contribution is 2.31. The van der Waals surface area contributed by atoms with Crippen LogP contribution in [0.4, 0.5) is 5.69 Å². The molecule has 8 heteroatoms. The summed E-state index contributed by atoms with van der Waals surface area (Å²) in [4.78, 5) is 51.4. The monoisotopic (exact) mass is 475 g/mol. The van der Waals surface area contributed by atoms with Crippen LogP contribution in [0.25, 0.3) is 12.2 Å². The van der Waals surface area contributed by atoms with Gasteiger partial charge in [-0.1, -0.05) is 62.4 Å². The van der Waals surface area contributed by atoms with Crippen molar-refractivity contribution in [3.05, 3.63) is 65.2 Å². The highest BCUT2D eigenvalue weighted by Gasteiger charge is 2.43. The van der Waals surface area contributed by atoms with Crippen molar-refractivity contribution in [1.82, 2.24) is 10.2 Å². The third-order valence-corrected chi connectivity index (χ3v) is 6.30. The minimum atomic E-state index is -0.962. The summed E-state index contributed by atoms with van der Waals surface area (Å²) in [7, 11) is 0. The quantitative estimate of drug-likeness (QED) is 0.531. The molecule has 0 saturated carbocycles. The zero-order valence-corrected chi connectivity index (χ0v) is 19.8. The lowest BCUT2D eigenvalue weighted by Gasteiger charge is -2.23. The highest BCUT2D eigenvalue weighted by molar-refractivity contribution is 6.10. The normalized spacial score (nSPS) is 19.7. The van der Waals surface area contributed by atoms with Gasteiger partial charge >= 0.3 is 5.97 Å². The van der Waals surface area contributed by atoms with Crippen LogP contribution in [0.1, 0.15) is 54.6 Å². The number of carbonyl (C=O) groups excluding carboxylic acids is 3. The Balaban J connectivity index is 1.47. The summed E-state index contributed by atoms with van der Waals surface area (Å²) in [5, 5.41) is 14.8. The number of fused-ring (bicyclic) bond motifs is 2. The van der Waals surface area contributed by atoms with Gasteiger partial charge in [0.15, 0.2) is 0 Å². The first-order chi connectivity index (χ1) is 16.6. The lowest BCUT2D eigenvalue weighted by molar-refractivity contribution is -0.139. The Kier molecular flexibility index (Phi) is 6.73. The topological polar surface area (TPSA) is 116 Å². The Morgan fingerprint density at radius 1 is 1.09 bits per heavy atom.